The van der Waals surface area contributed by atoms with Gasteiger partial charge in [-0.05, 0) is 36.8 Å². The Hall–Kier alpha value is -0.710. The molecule has 4 heteroatoms. The zero-order chi connectivity index (χ0) is 13.0. The van der Waals surface area contributed by atoms with Gasteiger partial charge in [0.05, 0.1) is 11.5 Å². The summed E-state index contributed by atoms with van der Waals surface area (Å²) in [6, 6.07) is 12.2. The first-order chi connectivity index (χ1) is 8.70. The van der Waals surface area contributed by atoms with Crippen LogP contribution in [-0.4, -0.2) is 6.04 Å². The van der Waals surface area contributed by atoms with Gasteiger partial charge in [0.2, 0.25) is 0 Å². The molecular weight excluding hydrogens is 310 g/mol. The number of nitrogens with two attached hydrogens (primary N) is 1. The van der Waals surface area contributed by atoms with Crippen LogP contribution in [0, 0.1) is 0 Å². The minimum Gasteiger partial charge on any atom is -0.468 e. The van der Waals surface area contributed by atoms with Crippen molar-refractivity contribution in [1.29, 1.82) is 0 Å². The summed E-state index contributed by atoms with van der Waals surface area (Å²) < 4.78 is 6.59. The van der Waals surface area contributed by atoms with Gasteiger partial charge in [-0.1, -0.05) is 28.9 Å². The highest BCUT2D eigenvalue weighted by molar-refractivity contribution is 9.10. The molecule has 0 spiro atoms. The van der Waals surface area contributed by atoms with E-state index in [4.69, 9.17) is 10.2 Å². The lowest BCUT2D eigenvalue weighted by Crippen LogP contribution is -2.25. The fourth-order valence-electron chi connectivity index (χ4n) is 1.71. The van der Waals surface area contributed by atoms with Crippen molar-refractivity contribution in [3.8, 4) is 0 Å². The van der Waals surface area contributed by atoms with E-state index in [9.17, 15) is 0 Å². The average Bonchev–Trinajstić information content (AvgIpc) is 2.89. The third-order valence-electron chi connectivity index (χ3n) is 2.74. The number of halogens is 1. The molecule has 96 valence electrons. The molecule has 0 bridgehead atoms. The van der Waals surface area contributed by atoms with Crippen molar-refractivity contribution in [1.82, 2.24) is 0 Å². The van der Waals surface area contributed by atoms with Crippen LogP contribution in [0.25, 0.3) is 0 Å². The van der Waals surface area contributed by atoms with Crippen LogP contribution in [0.15, 0.2) is 56.4 Å². The Morgan fingerprint density at radius 2 is 2.17 bits per heavy atom. The average molecular weight is 326 g/mol. The van der Waals surface area contributed by atoms with E-state index in [1.165, 1.54) is 4.90 Å². The lowest BCUT2D eigenvalue weighted by molar-refractivity contribution is 0.474. The quantitative estimate of drug-likeness (QED) is 0.815. The Labute approximate surface area is 120 Å². The Bertz CT molecular complexity index is 486. The van der Waals surface area contributed by atoms with Gasteiger partial charge >= 0.3 is 0 Å². The molecule has 1 aromatic heterocycles. The van der Waals surface area contributed by atoms with Crippen LogP contribution in [0.5, 0.6) is 0 Å². The van der Waals surface area contributed by atoms with Crippen molar-refractivity contribution in [2.24, 2.45) is 5.73 Å². The van der Waals surface area contributed by atoms with Crippen LogP contribution < -0.4 is 5.73 Å². The molecule has 2 atom stereocenters. The largest absolute Gasteiger partial charge is 0.468 e. The summed E-state index contributed by atoms with van der Waals surface area (Å²) in [5.74, 6) is 0.939. The van der Waals surface area contributed by atoms with Crippen LogP contribution in [0.4, 0.5) is 0 Å². The highest BCUT2D eigenvalue weighted by Crippen LogP contribution is 2.38. The van der Waals surface area contributed by atoms with E-state index in [-0.39, 0.29) is 11.3 Å². The molecule has 18 heavy (non-hydrogen) atoms. The first-order valence-electron chi connectivity index (χ1n) is 5.92. The fourth-order valence-corrected chi connectivity index (χ4v) is 3.52. The summed E-state index contributed by atoms with van der Waals surface area (Å²) in [4.78, 5) is 1.19. The second-order valence-electron chi connectivity index (χ2n) is 4.08. The van der Waals surface area contributed by atoms with Gasteiger partial charge < -0.3 is 10.2 Å². The van der Waals surface area contributed by atoms with E-state index in [0.717, 1.165) is 16.7 Å². The number of benzene rings is 1. The van der Waals surface area contributed by atoms with Gasteiger partial charge in [0.1, 0.15) is 5.76 Å². The van der Waals surface area contributed by atoms with Crippen molar-refractivity contribution in [3.05, 3.63) is 52.9 Å². The maximum Gasteiger partial charge on any atom is 0.118 e. The zero-order valence-corrected chi connectivity index (χ0v) is 12.6. The van der Waals surface area contributed by atoms with Crippen molar-refractivity contribution in [3.63, 3.8) is 0 Å². The summed E-state index contributed by atoms with van der Waals surface area (Å²) in [5, 5.41) is 0.152. The molecule has 0 aliphatic heterocycles. The number of hydrogen-bond donors (Lipinski definition) is 1. The molecule has 1 aromatic carbocycles. The van der Waals surface area contributed by atoms with E-state index >= 15 is 0 Å². The normalized spacial score (nSPS) is 14.4. The molecular formula is C14H16BrNOS. The minimum atomic E-state index is 0.0835. The number of furan rings is 1. The van der Waals surface area contributed by atoms with E-state index in [2.05, 4.69) is 35.0 Å². The van der Waals surface area contributed by atoms with E-state index < -0.39 is 0 Å². The van der Waals surface area contributed by atoms with Gasteiger partial charge in [0.15, 0.2) is 0 Å². The molecule has 0 saturated heterocycles. The fraction of sp³-hybridized carbons (Fsp3) is 0.286. The van der Waals surface area contributed by atoms with Crippen LogP contribution in [-0.2, 0) is 0 Å². The van der Waals surface area contributed by atoms with Crippen LogP contribution in [0.2, 0.25) is 0 Å². The van der Waals surface area contributed by atoms with Crippen LogP contribution >= 0.6 is 27.7 Å². The van der Waals surface area contributed by atoms with Gasteiger partial charge in [0.25, 0.3) is 0 Å². The maximum absolute atomic E-state index is 6.20. The molecule has 2 N–H and O–H groups in total. The topological polar surface area (TPSA) is 39.2 Å². The van der Waals surface area contributed by atoms with Crippen molar-refractivity contribution >= 4 is 27.7 Å². The first-order valence-corrected chi connectivity index (χ1v) is 7.59. The molecule has 0 fully saturated rings. The second kappa shape index (κ2) is 6.45. The molecule has 0 aliphatic carbocycles. The number of thioether (sulfide) groups is 1. The molecule has 2 aromatic rings. The summed E-state index contributed by atoms with van der Waals surface area (Å²) in [6.07, 6.45) is 2.62. The van der Waals surface area contributed by atoms with Crippen LogP contribution in [0.1, 0.15) is 24.4 Å². The summed E-state index contributed by atoms with van der Waals surface area (Å²) in [7, 11) is 0. The van der Waals surface area contributed by atoms with Gasteiger partial charge in [-0.15, -0.1) is 11.8 Å². The number of hydrogen-bond acceptors (Lipinski definition) is 3. The zero-order valence-electron chi connectivity index (χ0n) is 10.2. The summed E-state index contributed by atoms with van der Waals surface area (Å²) in [6.45, 7) is 2.10. The lowest BCUT2D eigenvalue weighted by Gasteiger charge is -2.20. The minimum absolute atomic E-state index is 0.0835. The Kier molecular flexibility index (Phi) is 4.92. The van der Waals surface area contributed by atoms with Crippen molar-refractivity contribution in [2.75, 3.05) is 0 Å². The van der Waals surface area contributed by atoms with E-state index in [1.54, 1.807) is 18.0 Å². The summed E-state index contributed by atoms with van der Waals surface area (Å²) >= 11 is 5.23. The standard InChI is InChI=1S/C14H16BrNOS/c1-2-12(16)14(13-7-4-8-17-13)18-11-6-3-5-10(15)9-11/h3-9,12,14H,2,16H2,1H3. The van der Waals surface area contributed by atoms with Gasteiger partial charge in [-0.3, -0.25) is 0 Å². The predicted octanol–water partition coefficient (Wildman–Crippen LogP) is 4.61. The molecule has 0 radical (unpaired) electrons. The smallest absolute Gasteiger partial charge is 0.118 e. The molecule has 0 saturated carbocycles. The molecule has 2 unspecified atom stereocenters. The molecule has 2 rings (SSSR count). The lowest BCUT2D eigenvalue weighted by atomic mass is 10.1. The van der Waals surface area contributed by atoms with E-state index in [1.807, 2.05) is 24.3 Å². The van der Waals surface area contributed by atoms with Gasteiger partial charge in [-0.2, -0.15) is 0 Å². The Morgan fingerprint density at radius 3 is 2.78 bits per heavy atom. The van der Waals surface area contributed by atoms with Gasteiger partial charge in [-0.25, -0.2) is 0 Å². The second-order valence-corrected chi connectivity index (χ2v) is 6.21. The van der Waals surface area contributed by atoms with Gasteiger partial charge in [0, 0.05) is 15.4 Å². The molecule has 0 amide bonds. The van der Waals surface area contributed by atoms with Crippen LogP contribution in [0.3, 0.4) is 0 Å². The van der Waals surface area contributed by atoms with Crippen molar-refractivity contribution in [2.45, 2.75) is 29.5 Å². The third kappa shape index (κ3) is 3.40. The predicted molar refractivity (Wildman–Crippen MR) is 79.7 cm³/mol. The maximum atomic E-state index is 6.20. The number of rotatable bonds is 5. The Balaban J connectivity index is 2.20. The third-order valence-corrected chi connectivity index (χ3v) is 4.60. The molecule has 0 aliphatic rings. The Morgan fingerprint density at radius 1 is 1.33 bits per heavy atom. The van der Waals surface area contributed by atoms with Crippen molar-refractivity contribution < 1.29 is 4.42 Å². The first kappa shape index (κ1) is 13.7. The highest BCUT2D eigenvalue weighted by atomic mass is 79.9. The highest BCUT2D eigenvalue weighted by Gasteiger charge is 2.22. The molecule has 2 nitrogen and oxygen atoms in total. The SMILES string of the molecule is CCC(N)C(Sc1cccc(Br)c1)c1ccco1. The summed E-state index contributed by atoms with van der Waals surface area (Å²) in [5.41, 5.74) is 6.20. The molecule has 1 heterocycles. The van der Waals surface area contributed by atoms with E-state index in [0.29, 0.717) is 0 Å². The monoisotopic (exact) mass is 325 g/mol.